The van der Waals surface area contributed by atoms with Gasteiger partial charge in [0.05, 0.1) is 16.5 Å². The monoisotopic (exact) mass is 503 g/mol. The van der Waals surface area contributed by atoms with E-state index in [4.69, 9.17) is 16.3 Å². The van der Waals surface area contributed by atoms with E-state index in [9.17, 15) is 23.6 Å². The maximum Gasteiger partial charge on any atom is 0.313 e. The zero-order valence-corrected chi connectivity index (χ0v) is 20.7. The van der Waals surface area contributed by atoms with Crippen LogP contribution in [-0.4, -0.2) is 40.8 Å². The van der Waals surface area contributed by atoms with Gasteiger partial charge >= 0.3 is 5.97 Å². The molecule has 1 aliphatic carbocycles. The topological polar surface area (TPSA) is 97.7 Å². The van der Waals surface area contributed by atoms with E-state index in [2.05, 4.69) is 12.2 Å². The van der Waals surface area contributed by atoms with Gasteiger partial charge in [-0.15, -0.1) is 0 Å². The van der Waals surface area contributed by atoms with E-state index in [0.29, 0.717) is 12.5 Å². The summed E-state index contributed by atoms with van der Waals surface area (Å²) in [5.74, 6) is -3.24. The third-order valence-electron chi connectivity index (χ3n) is 6.60. The molecule has 1 aromatic carbocycles. The lowest BCUT2D eigenvalue weighted by molar-refractivity contribution is -0.137. The molecule has 1 spiro atoms. The second-order valence-corrected chi connectivity index (χ2v) is 10.2. The van der Waals surface area contributed by atoms with Crippen molar-refractivity contribution in [2.45, 2.75) is 45.7 Å². The van der Waals surface area contributed by atoms with E-state index < -0.39 is 46.2 Å². The molecular weight excluding hydrogens is 477 g/mol. The van der Waals surface area contributed by atoms with Crippen molar-refractivity contribution < 1.29 is 23.5 Å². The number of esters is 1. The molecule has 0 unspecified atom stereocenters. The van der Waals surface area contributed by atoms with Gasteiger partial charge in [0.25, 0.3) is 11.8 Å². The first-order valence-electron chi connectivity index (χ1n) is 11.4. The first kappa shape index (κ1) is 24.9. The number of amides is 2. The van der Waals surface area contributed by atoms with Crippen LogP contribution in [0.4, 0.5) is 4.39 Å². The molecule has 186 valence electrons. The lowest BCUT2D eigenvalue weighted by Crippen LogP contribution is -2.59. The highest BCUT2D eigenvalue weighted by Crippen LogP contribution is 2.47. The Hall–Kier alpha value is -3.20. The van der Waals surface area contributed by atoms with Crippen LogP contribution in [0.2, 0.25) is 5.02 Å². The molecule has 1 saturated carbocycles. The largest absolute Gasteiger partial charge is 0.420 e. The molecule has 1 fully saturated rings. The van der Waals surface area contributed by atoms with Crippen molar-refractivity contribution in [2.24, 2.45) is 11.8 Å². The summed E-state index contributed by atoms with van der Waals surface area (Å²) in [4.78, 5) is 53.6. The number of hydrogen-bond acceptors (Lipinski definition) is 5. The highest BCUT2D eigenvalue weighted by Gasteiger charge is 2.50. The van der Waals surface area contributed by atoms with Crippen LogP contribution in [0.3, 0.4) is 0 Å². The number of likely N-dealkylation sites (N-methyl/N-ethyl adjacent to an activating group) is 1. The summed E-state index contributed by atoms with van der Waals surface area (Å²) in [5, 5.41) is 2.45. The fourth-order valence-electron chi connectivity index (χ4n) is 4.93. The number of ether oxygens (including phenoxy) is 1. The first-order chi connectivity index (χ1) is 16.4. The van der Waals surface area contributed by atoms with Gasteiger partial charge in [-0.05, 0) is 24.8 Å². The maximum absolute atomic E-state index is 14.3. The molecule has 1 aliphatic heterocycles. The fraction of sp³-hybridized carbons (Fsp3) is 0.440. The van der Waals surface area contributed by atoms with Gasteiger partial charge in [0.1, 0.15) is 11.4 Å². The second kappa shape index (κ2) is 9.11. The van der Waals surface area contributed by atoms with E-state index in [1.54, 1.807) is 31.5 Å². The predicted octanol–water partition coefficient (Wildman–Crippen LogP) is 3.34. The van der Waals surface area contributed by atoms with E-state index in [0.717, 1.165) is 12.8 Å². The molecule has 2 aliphatic rings. The number of benzene rings is 1. The van der Waals surface area contributed by atoms with Crippen molar-refractivity contribution >= 4 is 29.4 Å². The minimum atomic E-state index is -0.875. The third-order valence-corrected chi connectivity index (χ3v) is 6.90. The van der Waals surface area contributed by atoms with Crippen LogP contribution < -0.4 is 15.5 Å². The van der Waals surface area contributed by atoms with E-state index in [1.807, 2.05) is 0 Å². The zero-order chi connectivity index (χ0) is 25.7. The molecule has 10 heteroatoms. The number of hydrogen-bond donors (Lipinski definition) is 1. The van der Waals surface area contributed by atoms with Crippen molar-refractivity contribution in [1.82, 2.24) is 14.8 Å². The smallest absolute Gasteiger partial charge is 0.313 e. The number of nitrogens with zero attached hydrogens (tertiary/aromatic N) is 2. The van der Waals surface area contributed by atoms with Crippen LogP contribution in [0.1, 0.15) is 60.0 Å². The van der Waals surface area contributed by atoms with E-state index in [-0.39, 0.29) is 28.4 Å². The van der Waals surface area contributed by atoms with Gasteiger partial charge in [0, 0.05) is 31.9 Å². The standard InChI is InChI=1S/C25H27ClFN3O5/c1-13(2)24(34)35-21-19-23(33)29(4)12-25(8-14(3)9-25)30(19)11-16(20(21)31)22(32)28-10-15-6-5-7-17(26)18(15)27/h5-7,11,13-14H,8-10,12H2,1-4H3,(H,28,32). The first-order valence-corrected chi connectivity index (χ1v) is 11.8. The molecule has 1 N–H and O–H groups in total. The molecule has 2 heterocycles. The van der Waals surface area contributed by atoms with Gasteiger partial charge in [0.15, 0.2) is 5.69 Å². The average molecular weight is 504 g/mol. The Kier molecular flexibility index (Phi) is 6.48. The van der Waals surface area contributed by atoms with Gasteiger partial charge in [-0.2, -0.15) is 0 Å². The molecule has 0 atom stereocenters. The maximum atomic E-state index is 14.3. The molecular formula is C25H27ClFN3O5. The normalized spacial score (nSPS) is 21.1. The minimum absolute atomic E-state index is 0.0397. The molecule has 35 heavy (non-hydrogen) atoms. The SMILES string of the molecule is CC1CC2(C1)CN(C)C(=O)c1c(OC(=O)C(C)C)c(=O)c(C(=O)NCc3cccc(Cl)c3F)cn12. The highest BCUT2D eigenvalue weighted by atomic mass is 35.5. The van der Waals surface area contributed by atoms with Crippen molar-refractivity contribution in [3.05, 3.63) is 62.3 Å². The molecule has 8 nitrogen and oxygen atoms in total. The molecule has 2 amide bonds. The van der Waals surface area contributed by atoms with Gasteiger partial charge in [-0.25, -0.2) is 4.39 Å². The van der Waals surface area contributed by atoms with Gasteiger partial charge < -0.3 is 19.5 Å². The Balaban J connectivity index is 1.80. The van der Waals surface area contributed by atoms with Crippen LogP contribution in [0, 0.1) is 17.7 Å². The summed E-state index contributed by atoms with van der Waals surface area (Å²) in [6, 6.07) is 4.41. The number of pyridine rings is 1. The predicted molar refractivity (Wildman–Crippen MR) is 127 cm³/mol. The summed E-state index contributed by atoms with van der Waals surface area (Å²) in [6.45, 7) is 5.48. The average Bonchev–Trinajstić information content (AvgIpc) is 2.78. The number of nitrogens with one attached hydrogen (secondary N) is 1. The highest BCUT2D eigenvalue weighted by molar-refractivity contribution is 6.30. The van der Waals surface area contributed by atoms with Crippen LogP contribution >= 0.6 is 11.6 Å². The van der Waals surface area contributed by atoms with Crippen molar-refractivity contribution in [1.29, 1.82) is 0 Å². The summed E-state index contributed by atoms with van der Waals surface area (Å²) >= 11 is 5.81. The molecule has 0 saturated heterocycles. The number of carbonyl (C=O) groups is 3. The Morgan fingerprint density at radius 2 is 1.97 bits per heavy atom. The molecule has 1 aromatic heterocycles. The molecule has 2 aromatic rings. The van der Waals surface area contributed by atoms with Crippen molar-refractivity contribution in [2.75, 3.05) is 13.6 Å². The quantitative estimate of drug-likeness (QED) is 0.631. The number of fused-ring (bicyclic) bond motifs is 2. The van der Waals surface area contributed by atoms with Crippen LogP contribution in [0.15, 0.2) is 29.2 Å². The molecule has 0 radical (unpaired) electrons. The summed E-state index contributed by atoms with van der Waals surface area (Å²) in [7, 11) is 1.63. The minimum Gasteiger partial charge on any atom is -0.420 e. The van der Waals surface area contributed by atoms with E-state index >= 15 is 0 Å². The Labute approximate surface area is 207 Å². The van der Waals surface area contributed by atoms with Crippen molar-refractivity contribution in [3.63, 3.8) is 0 Å². The molecule has 4 rings (SSSR count). The van der Waals surface area contributed by atoms with Crippen molar-refractivity contribution in [3.8, 4) is 5.75 Å². The third kappa shape index (κ3) is 4.33. The van der Waals surface area contributed by atoms with Crippen LogP contribution in [0.5, 0.6) is 5.75 Å². The summed E-state index contributed by atoms with van der Waals surface area (Å²) in [5.41, 5.74) is -1.57. The Bertz CT molecular complexity index is 1280. The Morgan fingerprint density at radius 3 is 2.60 bits per heavy atom. The number of carbonyl (C=O) groups excluding carboxylic acids is 3. The van der Waals surface area contributed by atoms with Crippen LogP contribution in [-0.2, 0) is 16.9 Å². The fourth-order valence-corrected chi connectivity index (χ4v) is 5.12. The van der Waals surface area contributed by atoms with Gasteiger partial charge in [-0.1, -0.05) is 44.5 Å². The summed E-state index contributed by atoms with van der Waals surface area (Å²) < 4.78 is 21.3. The number of aromatic nitrogens is 1. The van der Waals surface area contributed by atoms with Gasteiger partial charge in [0.2, 0.25) is 11.2 Å². The molecule has 0 bridgehead atoms. The van der Waals surface area contributed by atoms with E-state index in [1.165, 1.54) is 23.2 Å². The number of rotatable bonds is 5. The lowest BCUT2D eigenvalue weighted by Gasteiger charge is -2.53. The lowest BCUT2D eigenvalue weighted by atomic mass is 9.67. The Morgan fingerprint density at radius 1 is 1.29 bits per heavy atom. The van der Waals surface area contributed by atoms with Crippen LogP contribution in [0.25, 0.3) is 0 Å². The summed E-state index contributed by atoms with van der Waals surface area (Å²) in [6.07, 6.45) is 2.82. The zero-order valence-electron chi connectivity index (χ0n) is 20.0. The number of halogens is 2. The van der Waals surface area contributed by atoms with Gasteiger partial charge in [-0.3, -0.25) is 19.2 Å². The second-order valence-electron chi connectivity index (χ2n) is 9.79.